The Morgan fingerprint density at radius 3 is 2.31 bits per heavy atom. The Kier molecular flexibility index (Phi) is 6.49. The van der Waals surface area contributed by atoms with Gasteiger partial charge < -0.3 is 14.9 Å². The van der Waals surface area contributed by atoms with E-state index in [1.54, 1.807) is 36.4 Å². The molecule has 1 aliphatic heterocycles. The lowest BCUT2D eigenvalue weighted by molar-refractivity contribution is -0.139. The standard InChI is InChI=1S/C22H22BrFN2O3/c1-25(2)12-3-13-26-19(14-6-10-17(24)11-7-14)18(21(28)22(26)29)20(27)15-4-8-16(23)9-5-15/h4-11,19,27H,3,12-13H2,1-2H3/b20-18+/t19-/m0/s1. The lowest BCUT2D eigenvalue weighted by Gasteiger charge is -2.26. The molecule has 1 heterocycles. The molecule has 0 bridgehead atoms. The number of Topliss-reactive ketones (excluding diaryl/α,β-unsaturated/α-hetero) is 1. The molecule has 2 aromatic rings. The molecule has 5 nitrogen and oxygen atoms in total. The summed E-state index contributed by atoms with van der Waals surface area (Å²) in [7, 11) is 3.86. The van der Waals surface area contributed by atoms with Gasteiger partial charge in [0.05, 0.1) is 11.6 Å². The van der Waals surface area contributed by atoms with Crippen LogP contribution in [0, 0.1) is 5.82 Å². The highest BCUT2D eigenvalue weighted by molar-refractivity contribution is 9.10. The smallest absolute Gasteiger partial charge is 0.295 e. The summed E-state index contributed by atoms with van der Waals surface area (Å²) in [4.78, 5) is 29.1. The maximum Gasteiger partial charge on any atom is 0.295 e. The van der Waals surface area contributed by atoms with Crippen LogP contribution >= 0.6 is 15.9 Å². The number of hydrogen-bond donors (Lipinski definition) is 1. The number of aliphatic hydroxyl groups is 1. The van der Waals surface area contributed by atoms with Crippen LogP contribution in [0.2, 0.25) is 0 Å². The SMILES string of the molecule is CN(C)CCCN1C(=O)C(=O)/C(=C(/O)c2ccc(Br)cc2)[C@@H]1c1ccc(F)cc1. The number of ketones is 1. The first-order chi connectivity index (χ1) is 13.8. The fraction of sp³-hybridized carbons (Fsp3) is 0.273. The molecular formula is C22H22BrFN2O3. The predicted octanol–water partition coefficient (Wildman–Crippen LogP) is 3.96. The highest BCUT2D eigenvalue weighted by atomic mass is 79.9. The fourth-order valence-corrected chi connectivity index (χ4v) is 3.69. The second-order valence-electron chi connectivity index (χ2n) is 7.21. The molecule has 0 spiro atoms. The summed E-state index contributed by atoms with van der Waals surface area (Å²) in [5.41, 5.74) is 1.04. The number of aliphatic hydroxyl groups excluding tert-OH is 1. The van der Waals surface area contributed by atoms with Crippen molar-refractivity contribution in [2.75, 3.05) is 27.2 Å². The van der Waals surface area contributed by atoms with Gasteiger partial charge in [-0.2, -0.15) is 0 Å². The van der Waals surface area contributed by atoms with Crippen molar-refractivity contribution < 1.29 is 19.1 Å². The third kappa shape index (κ3) is 4.57. The van der Waals surface area contributed by atoms with E-state index >= 15 is 0 Å². The number of hydrogen-bond acceptors (Lipinski definition) is 4. The molecule has 1 saturated heterocycles. The van der Waals surface area contributed by atoms with Crippen molar-refractivity contribution in [1.82, 2.24) is 9.80 Å². The Labute approximate surface area is 177 Å². The van der Waals surface area contributed by atoms with E-state index in [2.05, 4.69) is 15.9 Å². The van der Waals surface area contributed by atoms with Gasteiger partial charge in [0.2, 0.25) is 0 Å². The van der Waals surface area contributed by atoms with Gasteiger partial charge in [-0.15, -0.1) is 0 Å². The summed E-state index contributed by atoms with van der Waals surface area (Å²) in [6.45, 7) is 1.09. The number of benzene rings is 2. The van der Waals surface area contributed by atoms with Gasteiger partial charge in [0.25, 0.3) is 11.7 Å². The van der Waals surface area contributed by atoms with Crippen LogP contribution in [0.3, 0.4) is 0 Å². The molecular weight excluding hydrogens is 439 g/mol. The maximum absolute atomic E-state index is 13.5. The number of halogens is 2. The van der Waals surface area contributed by atoms with Crippen molar-refractivity contribution in [2.24, 2.45) is 0 Å². The van der Waals surface area contributed by atoms with E-state index in [1.807, 2.05) is 19.0 Å². The van der Waals surface area contributed by atoms with Crippen LogP contribution in [0.4, 0.5) is 4.39 Å². The van der Waals surface area contributed by atoms with E-state index in [0.717, 1.165) is 11.0 Å². The molecule has 1 atom stereocenters. The van der Waals surface area contributed by atoms with Gasteiger partial charge in [0.15, 0.2) is 0 Å². The van der Waals surface area contributed by atoms with E-state index in [1.165, 1.54) is 17.0 Å². The average Bonchev–Trinajstić information content (AvgIpc) is 2.93. The van der Waals surface area contributed by atoms with Crippen molar-refractivity contribution in [3.63, 3.8) is 0 Å². The van der Waals surface area contributed by atoms with Crippen molar-refractivity contribution in [3.05, 3.63) is 75.5 Å². The summed E-state index contributed by atoms with van der Waals surface area (Å²) in [5.74, 6) is -2.03. The molecule has 0 aromatic heterocycles. The zero-order valence-corrected chi connectivity index (χ0v) is 17.8. The van der Waals surface area contributed by atoms with E-state index in [-0.39, 0.29) is 11.3 Å². The van der Waals surface area contributed by atoms with Gasteiger partial charge in [-0.05, 0) is 56.9 Å². The minimum Gasteiger partial charge on any atom is -0.507 e. The molecule has 1 N–H and O–H groups in total. The molecule has 3 rings (SSSR count). The third-order valence-electron chi connectivity index (χ3n) is 4.85. The highest BCUT2D eigenvalue weighted by Gasteiger charge is 2.45. The lowest BCUT2D eigenvalue weighted by Crippen LogP contribution is -2.32. The summed E-state index contributed by atoms with van der Waals surface area (Å²) < 4.78 is 14.3. The lowest BCUT2D eigenvalue weighted by atomic mass is 9.95. The minimum absolute atomic E-state index is 0.0220. The summed E-state index contributed by atoms with van der Waals surface area (Å²) in [6, 6.07) is 11.7. The van der Waals surface area contributed by atoms with Gasteiger partial charge in [0, 0.05) is 16.6 Å². The second kappa shape index (κ2) is 8.88. The van der Waals surface area contributed by atoms with Crippen LogP contribution in [-0.4, -0.2) is 53.8 Å². The maximum atomic E-state index is 13.5. The van der Waals surface area contributed by atoms with Crippen LogP contribution < -0.4 is 0 Å². The molecule has 0 aliphatic carbocycles. The van der Waals surface area contributed by atoms with Gasteiger partial charge >= 0.3 is 0 Å². The monoisotopic (exact) mass is 460 g/mol. The predicted molar refractivity (Wildman–Crippen MR) is 113 cm³/mol. The topological polar surface area (TPSA) is 60.9 Å². The molecule has 7 heteroatoms. The summed E-state index contributed by atoms with van der Waals surface area (Å²) in [6.07, 6.45) is 0.663. The Hall–Kier alpha value is -2.51. The molecule has 0 radical (unpaired) electrons. The third-order valence-corrected chi connectivity index (χ3v) is 5.38. The first-order valence-electron chi connectivity index (χ1n) is 9.24. The van der Waals surface area contributed by atoms with Crippen LogP contribution in [0.15, 0.2) is 58.6 Å². The Balaban J connectivity index is 2.07. The molecule has 1 aliphatic rings. The normalized spacial score (nSPS) is 18.7. The van der Waals surface area contributed by atoms with Crippen LogP contribution in [0.5, 0.6) is 0 Å². The van der Waals surface area contributed by atoms with Crippen LogP contribution in [0.1, 0.15) is 23.6 Å². The van der Waals surface area contributed by atoms with Gasteiger partial charge in [-0.3, -0.25) is 9.59 Å². The van der Waals surface area contributed by atoms with Crippen molar-refractivity contribution in [2.45, 2.75) is 12.5 Å². The van der Waals surface area contributed by atoms with Crippen LogP contribution in [0.25, 0.3) is 5.76 Å². The van der Waals surface area contributed by atoms with Crippen molar-refractivity contribution in [1.29, 1.82) is 0 Å². The van der Waals surface area contributed by atoms with E-state index in [9.17, 15) is 19.1 Å². The molecule has 1 fully saturated rings. The first kappa shape index (κ1) is 21.2. The largest absolute Gasteiger partial charge is 0.507 e. The minimum atomic E-state index is -0.763. The van der Waals surface area contributed by atoms with Gasteiger partial charge in [-0.25, -0.2) is 4.39 Å². The Morgan fingerprint density at radius 1 is 1.10 bits per heavy atom. The fourth-order valence-electron chi connectivity index (χ4n) is 3.42. The van der Waals surface area contributed by atoms with Gasteiger partial charge in [-0.1, -0.05) is 40.2 Å². The van der Waals surface area contributed by atoms with E-state index < -0.39 is 23.5 Å². The number of nitrogens with zero attached hydrogens (tertiary/aromatic N) is 2. The van der Waals surface area contributed by atoms with Crippen molar-refractivity contribution in [3.8, 4) is 0 Å². The van der Waals surface area contributed by atoms with Crippen molar-refractivity contribution >= 4 is 33.4 Å². The molecule has 29 heavy (non-hydrogen) atoms. The first-order valence-corrected chi connectivity index (χ1v) is 10.0. The number of carbonyl (C=O) groups is 2. The second-order valence-corrected chi connectivity index (χ2v) is 8.12. The Bertz CT molecular complexity index is 940. The molecule has 1 amide bonds. The molecule has 152 valence electrons. The number of rotatable bonds is 6. The zero-order valence-electron chi connectivity index (χ0n) is 16.2. The molecule has 0 unspecified atom stereocenters. The Morgan fingerprint density at radius 2 is 1.72 bits per heavy atom. The molecule has 2 aromatic carbocycles. The van der Waals surface area contributed by atoms with Crippen LogP contribution in [-0.2, 0) is 9.59 Å². The van der Waals surface area contributed by atoms with E-state index in [4.69, 9.17) is 0 Å². The van der Waals surface area contributed by atoms with E-state index in [0.29, 0.717) is 24.1 Å². The number of likely N-dealkylation sites (tertiary alicyclic amines) is 1. The highest BCUT2D eigenvalue weighted by Crippen LogP contribution is 2.39. The zero-order chi connectivity index (χ0) is 21.1. The number of carbonyl (C=O) groups excluding carboxylic acids is 2. The van der Waals surface area contributed by atoms with Gasteiger partial charge in [0.1, 0.15) is 11.6 Å². The molecule has 0 saturated carbocycles. The number of amides is 1. The summed E-state index contributed by atoms with van der Waals surface area (Å²) in [5, 5.41) is 10.9. The summed E-state index contributed by atoms with van der Waals surface area (Å²) >= 11 is 3.34. The average molecular weight is 461 g/mol. The quantitative estimate of drug-likeness (QED) is 0.402.